The lowest BCUT2D eigenvalue weighted by atomic mass is 10.00. The van der Waals surface area contributed by atoms with Crippen LogP contribution in [0.5, 0.6) is 0 Å². The number of hydrogen-bond donors (Lipinski definition) is 0. The van der Waals surface area contributed by atoms with Crippen LogP contribution in [0, 0.1) is 0 Å². The molecule has 0 aliphatic heterocycles. The van der Waals surface area contributed by atoms with Crippen LogP contribution < -0.4 is 0 Å². The molecule has 0 saturated heterocycles. The number of nitrogens with zero attached hydrogens (tertiary/aromatic N) is 3. The zero-order valence-electron chi connectivity index (χ0n) is 27.7. The van der Waals surface area contributed by atoms with Crippen molar-refractivity contribution < 1.29 is 8.83 Å². The molecule has 0 N–H and O–H groups in total. The fourth-order valence-electron chi connectivity index (χ4n) is 7.64. The first-order chi connectivity index (χ1) is 25.7. The average Bonchev–Trinajstić information content (AvgIpc) is 3.80. The maximum Gasteiger partial charge on any atom is 0.164 e. The molecule has 0 bridgehead atoms. The van der Waals surface area contributed by atoms with Gasteiger partial charge in [-0.3, -0.25) is 0 Å². The van der Waals surface area contributed by atoms with Crippen molar-refractivity contribution in [1.29, 1.82) is 0 Å². The summed E-state index contributed by atoms with van der Waals surface area (Å²) in [4.78, 5) is 15.6. The van der Waals surface area contributed by atoms with Crippen molar-refractivity contribution in [1.82, 2.24) is 15.0 Å². The zero-order chi connectivity index (χ0) is 34.2. The van der Waals surface area contributed by atoms with E-state index in [1.165, 1.54) is 0 Å². The van der Waals surface area contributed by atoms with Gasteiger partial charge in [-0.15, -0.1) is 0 Å². The minimum absolute atomic E-state index is 0.582. The molecule has 242 valence electrons. The summed E-state index contributed by atoms with van der Waals surface area (Å²) in [5.74, 6) is 1.78. The second-order valence-corrected chi connectivity index (χ2v) is 13.2. The number of benzene rings is 8. The topological polar surface area (TPSA) is 65.0 Å². The van der Waals surface area contributed by atoms with Gasteiger partial charge in [-0.1, -0.05) is 133 Å². The Labute approximate surface area is 297 Å². The first-order valence-corrected chi connectivity index (χ1v) is 17.3. The van der Waals surface area contributed by atoms with Crippen LogP contribution >= 0.6 is 0 Å². The Balaban J connectivity index is 1.17. The molecule has 52 heavy (non-hydrogen) atoms. The molecule has 3 heterocycles. The van der Waals surface area contributed by atoms with E-state index >= 15 is 0 Å². The van der Waals surface area contributed by atoms with Gasteiger partial charge in [0.25, 0.3) is 0 Å². The number of fused-ring (bicyclic) bond motifs is 9. The predicted octanol–water partition coefficient (Wildman–Crippen LogP) is 12.6. The minimum atomic E-state index is 0.582. The molecule has 11 rings (SSSR count). The van der Waals surface area contributed by atoms with Crippen LogP contribution in [-0.2, 0) is 0 Å². The van der Waals surface area contributed by atoms with Gasteiger partial charge >= 0.3 is 0 Å². The van der Waals surface area contributed by atoms with Crippen molar-refractivity contribution in [3.63, 3.8) is 0 Å². The molecule has 0 saturated carbocycles. The van der Waals surface area contributed by atoms with E-state index in [1.807, 2.05) is 30.3 Å². The van der Waals surface area contributed by atoms with Crippen LogP contribution in [0.2, 0.25) is 0 Å². The molecule has 0 aliphatic rings. The van der Waals surface area contributed by atoms with Crippen molar-refractivity contribution in [2.24, 2.45) is 0 Å². The zero-order valence-corrected chi connectivity index (χ0v) is 27.7. The second kappa shape index (κ2) is 11.2. The highest BCUT2D eigenvalue weighted by Crippen LogP contribution is 2.41. The van der Waals surface area contributed by atoms with Gasteiger partial charge in [-0.25, -0.2) is 15.0 Å². The molecular formula is C47H27N3O2. The lowest BCUT2D eigenvalue weighted by molar-refractivity contribution is 0.669. The lowest BCUT2D eigenvalue weighted by Gasteiger charge is -2.11. The SMILES string of the molecule is c1ccc(-c2cccc3c2oc2cccc(-c4nc(-c5ccc6ccccc6c5)nc(-c5ccc6ccc7oc8ccccc8c7c6c5)n4)c23)cc1. The molecule has 11 aromatic rings. The molecule has 8 aromatic carbocycles. The smallest absolute Gasteiger partial charge is 0.164 e. The molecule has 0 unspecified atom stereocenters. The first-order valence-electron chi connectivity index (χ1n) is 17.3. The van der Waals surface area contributed by atoms with Crippen LogP contribution in [-0.4, -0.2) is 15.0 Å². The number of rotatable bonds is 4. The highest BCUT2D eigenvalue weighted by atomic mass is 16.3. The summed E-state index contributed by atoms with van der Waals surface area (Å²) in [7, 11) is 0. The number of para-hydroxylation sites is 2. The summed E-state index contributed by atoms with van der Waals surface area (Å²) >= 11 is 0. The first kappa shape index (κ1) is 28.7. The third kappa shape index (κ3) is 4.46. The summed E-state index contributed by atoms with van der Waals surface area (Å²) in [5.41, 5.74) is 8.19. The molecule has 5 heteroatoms. The fraction of sp³-hybridized carbons (Fsp3) is 0. The second-order valence-electron chi connectivity index (χ2n) is 13.2. The molecule has 0 spiro atoms. The monoisotopic (exact) mass is 665 g/mol. The van der Waals surface area contributed by atoms with Gasteiger partial charge < -0.3 is 8.83 Å². The van der Waals surface area contributed by atoms with Crippen molar-refractivity contribution in [3.8, 4) is 45.3 Å². The predicted molar refractivity (Wildman–Crippen MR) is 211 cm³/mol. The number of furan rings is 2. The quantitative estimate of drug-likeness (QED) is 0.187. The van der Waals surface area contributed by atoms with E-state index in [0.717, 1.165) is 93.2 Å². The fourth-order valence-corrected chi connectivity index (χ4v) is 7.64. The standard InChI is InChI=1S/C47H27N3O2/c1-2-11-29(12-3-1)34-15-8-16-36-43-37(17-9-19-40(43)52-44(34)36)47-49-45(32-22-20-28-10-4-5-13-31(28)26-32)48-46(50-47)33-23-21-30-24-25-41-42(38(30)27-33)35-14-6-7-18-39(35)51-41/h1-27H. The molecule has 0 amide bonds. The van der Waals surface area contributed by atoms with Crippen molar-refractivity contribution in [2.75, 3.05) is 0 Å². The average molecular weight is 666 g/mol. The van der Waals surface area contributed by atoms with E-state index in [-0.39, 0.29) is 0 Å². The summed E-state index contributed by atoms with van der Waals surface area (Å²) in [6, 6.07) is 56.3. The third-order valence-electron chi connectivity index (χ3n) is 10.1. The summed E-state index contributed by atoms with van der Waals surface area (Å²) in [6.45, 7) is 0. The van der Waals surface area contributed by atoms with Crippen LogP contribution in [0.3, 0.4) is 0 Å². The van der Waals surface area contributed by atoms with Crippen LogP contribution in [0.4, 0.5) is 0 Å². The molecule has 3 aromatic heterocycles. The highest BCUT2D eigenvalue weighted by molar-refractivity contribution is 6.19. The van der Waals surface area contributed by atoms with E-state index in [2.05, 4.69) is 133 Å². The Morgan fingerprint density at radius 2 is 0.962 bits per heavy atom. The molecule has 0 radical (unpaired) electrons. The highest BCUT2D eigenvalue weighted by Gasteiger charge is 2.20. The van der Waals surface area contributed by atoms with Crippen LogP contribution in [0.1, 0.15) is 0 Å². The number of hydrogen-bond acceptors (Lipinski definition) is 5. The molecular weight excluding hydrogens is 639 g/mol. The van der Waals surface area contributed by atoms with E-state index < -0.39 is 0 Å². The summed E-state index contributed by atoms with van der Waals surface area (Å²) in [5, 5.41) is 8.66. The van der Waals surface area contributed by atoms with Crippen molar-refractivity contribution in [2.45, 2.75) is 0 Å². The third-order valence-corrected chi connectivity index (χ3v) is 10.1. The van der Waals surface area contributed by atoms with Crippen molar-refractivity contribution in [3.05, 3.63) is 164 Å². The van der Waals surface area contributed by atoms with E-state index in [1.54, 1.807) is 0 Å². The Morgan fingerprint density at radius 3 is 1.85 bits per heavy atom. The van der Waals surface area contributed by atoms with Gasteiger partial charge in [0.15, 0.2) is 17.5 Å². The van der Waals surface area contributed by atoms with Crippen LogP contribution in [0.15, 0.2) is 173 Å². The van der Waals surface area contributed by atoms with Gasteiger partial charge in [-0.2, -0.15) is 0 Å². The van der Waals surface area contributed by atoms with Crippen molar-refractivity contribution >= 4 is 65.4 Å². The van der Waals surface area contributed by atoms with E-state index in [4.69, 9.17) is 23.8 Å². The maximum atomic E-state index is 6.61. The van der Waals surface area contributed by atoms with Gasteiger partial charge in [0.05, 0.1) is 0 Å². The lowest BCUT2D eigenvalue weighted by Crippen LogP contribution is -2.00. The molecule has 0 atom stereocenters. The van der Waals surface area contributed by atoms with Gasteiger partial charge in [0.2, 0.25) is 0 Å². The van der Waals surface area contributed by atoms with Gasteiger partial charge in [0.1, 0.15) is 22.3 Å². The number of aromatic nitrogens is 3. The Bertz CT molecular complexity index is 3190. The molecule has 5 nitrogen and oxygen atoms in total. The van der Waals surface area contributed by atoms with Gasteiger partial charge in [-0.05, 0) is 57.4 Å². The van der Waals surface area contributed by atoms with Gasteiger partial charge in [0, 0.05) is 43.8 Å². The van der Waals surface area contributed by atoms with E-state index in [9.17, 15) is 0 Å². The molecule has 0 aliphatic carbocycles. The molecule has 0 fully saturated rings. The minimum Gasteiger partial charge on any atom is -0.456 e. The Hall–Kier alpha value is -7.11. The van der Waals surface area contributed by atoms with Crippen LogP contribution in [0.25, 0.3) is 111 Å². The Morgan fingerprint density at radius 1 is 0.327 bits per heavy atom. The summed E-state index contributed by atoms with van der Waals surface area (Å²) in [6.07, 6.45) is 0. The van der Waals surface area contributed by atoms with E-state index in [0.29, 0.717) is 17.5 Å². The summed E-state index contributed by atoms with van der Waals surface area (Å²) < 4.78 is 12.9. The normalized spacial score (nSPS) is 11.8. The Kier molecular flexibility index (Phi) is 6.18. The maximum absolute atomic E-state index is 6.61. The largest absolute Gasteiger partial charge is 0.456 e.